The summed E-state index contributed by atoms with van der Waals surface area (Å²) < 4.78 is 0. The van der Waals surface area contributed by atoms with Gasteiger partial charge in [0, 0.05) is 5.69 Å². The lowest BCUT2D eigenvalue weighted by Gasteiger charge is -2.08. The highest BCUT2D eigenvalue weighted by atomic mass is 16.1. The first-order valence-electron chi connectivity index (χ1n) is 4.80. The number of H-pyrrole nitrogens is 1. The van der Waals surface area contributed by atoms with Gasteiger partial charge < -0.3 is 4.98 Å². The van der Waals surface area contributed by atoms with Crippen molar-refractivity contribution in [2.24, 2.45) is 0 Å². The number of aromatic amines is 1. The summed E-state index contributed by atoms with van der Waals surface area (Å²) in [6, 6.07) is 0. The number of fused-ring (bicyclic) bond motifs is 1. The molecule has 70 valence electrons. The van der Waals surface area contributed by atoms with E-state index in [0.29, 0.717) is 5.92 Å². The van der Waals surface area contributed by atoms with E-state index in [2.05, 4.69) is 23.8 Å². The van der Waals surface area contributed by atoms with E-state index in [-0.39, 0.29) is 5.69 Å². The Hall–Kier alpha value is -1.12. The van der Waals surface area contributed by atoms with E-state index < -0.39 is 0 Å². The van der Waals surface area contributed by atoms with Crippen LogP contribution in [-0.4, -0.2) is 9.97 Å². The average Bonchev–Trinajstić information content (AvgIpc) is 2.49. The van der Waals surface area contributed by atoms with E-state index in [9.17, 15) is 4.79 Å². The summed E-state index contributed by atoms with van der Waals surface area (Å²) in [5, 5.41) is 0. The van der Waals surface area contributed by atoms with Crippen LogP contribution in [0.5, 0.6) is 0 Å². The Morgan fingerprint density at radius 3 is 2.85 bits per heavy atom. The molecule has 1 aliphatic rings. The highest BCUT2D eigenvalue weighted by Crippen LogP contribution is 2.25. The number of aryl methyl sites for hydroxylation is 1. The number of aromatic nitrogens is 2. The highest BCUT2D eigenvalue weighted by Gasteiger charge is 2.18. The van der Waals surface area contributed by atoms with Crippen molar-refractivity contribution in [2.75, 3.05) is 0 Å². The second kappa shape index (κ2) is 2.98. The van der Waals surface area contributed by atoms with Gasteiger partial charge in [-0.25, -0.2) is 4.79 Å². The molecule has 3 nitrogen and oxygen atoms in total. The summed E-state index contributed by atoms with van der Waals surface area (Å²) in [6.45, 7) is 4.17. The van der Waals surface area contributed by atoms with Crippen molar-refractivity contribution >= 4 is 0 Å². The Morgan fingerprint density at radius 1 is 1.38 bits per heavy atom. The zero-order chi connectivity index (χ0) is 9.42. The molecular formula is C10H14N2O. The molecule has 0 aromatic carbocycles. The normalized spacial score (nSPS) is 15.0. The fourth-order valence-electron chi connectivity index (χ4n) is 1.98. The monoisotopic (exact) mass is 178 g/mol. The smallest absolute Gasteiger partial charge is 0.310 e. The molecule has 1 aliphatic carbocycles. The van der Waals surface area contributed by atoms with Crippen LogP contribution in [0.4, 0.5) is 0 Å². The molecule has 0 amide bonds. The largest absolute Gasteiger partial charge is 0.345 e. The number of nitrogens with zero attached hydrogens (tertiary/aromatic N) is 1. The zero-order valence-corrected chi connectivity index (χ0v) is 8.05. The van der Waals surface area contributed by atoms with Gasteiger partial charge in [0.05, 0.1) is 5.69 Å². The number of nitrogens with one attached hydrogen (secondary N) is 1. The van der Waals surface area contributed by atoms with Crippen LogP contribution >= 0.6 is 0 Å². The minimum Gasteiger partial charge on any atom is -0.310 e. The molecule has 1 aromatic heterocycles. The molecule has 1 N–H and O–H groups in total. The SMILES string of the molecule is CC(C)c1nc(=O)[nH]c2c1CCC2. The lowest BCUT2D eigenvalue weighted by Crippen LogP contribution is -2.17. The minimum absolute atomic E-state index is 0.190. The van der Waals surface area contributed by atoms with Crippen molar-refractivity contribution in [2.45, 2.75) is 39.0 Å². The molecule has 0 fully saturated rings. The third kappa shape index (κ3) is 1.39. The predicted octanol–water partition coefficient (Wildman–Crippen LogP) is 1.38. The van der Waals surface area contributed by atoms with Crippen LogP contribution in [0.1, 0.15) is 43.1 Å². The Morgan fingerprint density at radius 2 is 2.15 bits per heavy atom. The first-order valence-corrected chi connectivity index (χ1v) is 4.80. The van der Waals surface area contributed by atoms with Crippen LogP contribution in [0.3, 0.4) is 0 Å². The zero-order valence-electron chi connectivity index (χ0n) is 8.05. The first-order chi connectivity index (χ1) is 6.18. The van der Waals surface area contributed by atoms with E-state index in [1.807, 2.05) is 0 Å². The molecule has 0 saturated heterocycles. The van der Waals surface area contributed by atoms with Crippen molar-refractivity contribution in [3.63, 3.8) is 0 Å². The summed E-state index contributed by atoms with van der Waals surface area (Å²) in [5.74, 6) is 0.356. The summed E-state index contributed by atoms with van der Waals surface area (Å²) in [4.78, 5) is 18.0. The van der Waals surface area contributed by atoms with Crippen molar-refractivity contribution in [1.29, 1.82) is 0 Å². The lowest BCUT2D eigenvalue weighted by molar-refractivity contribution is 0.779. The van der Waals surface area contributed by atoms with Crippen molar-refractivity contribution in [1.82, 2.24) is 9.97 Å². The van der Waals surface area contributed by atoms with Crippen molar-refractivity contribution in [3.05, 3.63) is 27.4 Å². The Kier molecular flexibility index (Phi) is 1.94. The van der Waals surface area contributed by atoms with Gasteiger partial charge in [-0.1, -0.05) is 13.8 Å². The van der Waals surface area contributed by atoms with Gasteiger partial charge in [-0.05, 0) is 30.7 Å². The lowest BCUT2D eigenvalue weighted by atomic mass is 10.0. The highest BCUT2D eigenvalue weighted by molar-refractivity contribution is 5.30. The van der Waals surface area contributed by atoms with Gasteiger partial charge in [-0.2, -0.15) is 4.98 Å². The van der Waals surface area contributed by atoms with Gasteiger partial charge in [-0.15, -0.1) is 0 Å². The Bertz CT molecular complexity index is 379. The van der Waals surface area contributed by atoms with Crippen LogP contribution in [0.25, 0.3) is 0 Å². The maximum atomic E-state index is 11.2. The van der Waals surface area contributed by atoms with Gasteiger partial charge in [0.25, 0.3) is 0 Å². The summed E-state index contributed by atoms with van der Waals surface area (Å²) in [7, 11) is 0. The first kappa shape index (κ1) is 8.48. The fourth-order valence-corrected chi connectivity index (χ4v) is 1.98. The van der Waals surface area contributed by atoms with Gasteiger partial charge in [0.1, 0.15) is 0 Å². The van der Waals surface area contributed by atoms with Gasteiger partial charge in [0.2, 0.25) is 0 Å². The van der Waals surface area contributed by atoms with E-state index >= 15 is 0 Å². The van der Waals surface area contributed by atoms with Crippen molar-refractivity contribution in [3.8, 4) is 0 Å². The third-order valence-corrected chi connectivity index (χ3v) is 2.55. The Labute approximate surface area is 77.2 Å². The molecule has 0 spiro atoms. The molecule has 2 rings (SSSR count). The molecule has 0 radical (unpaired) electrons. The average molecular weight is 178 g/mol. The molecule has 3 heteroatoms. The van der Waals surface area contributed by atoms with Crippen LogP contribution < -0.4 is 5.69 Å². The van der Waals surface area contributed by atoms with Crippen LogP contribution in [0, 0.1) is 0 Å². The van der Waals surface area contributed by atoms with Crippen LogP contribution in [-0.2, 0) is 12.8 Å². The van der Waals surface area contributed by atoms with Gasteiger partial charge in [0.15, 0.2) is 0 Å². The van der Waals surface area contributed by atoms with E-state index in [4.69, 9.17) is 0 Å². The maximum absolute atomic E-state index is 11.2. The number of rotatable bonds is 1. The fraction of sp³-hybridized carbons (Fsp3) is 0.600. The summed E-state index contributed by atoms with van der Waals surface area (Å²) >= 11 is 0. The molecule has 0 unspecified atom stereocenters. The molecule has 0 saturated carbocycles. The molecule has 0 aliphatic heterocycles. The minimum atomic E-state index is -0.190. The molecular weight excluding hydrogens is 164 g/mol. The van der Waals surface area contributed by atoms with Crippen LogP contribution in [0.2, 0.25) is 0 Å². The third-order valence-electron chi connectivity index (χ3n) is 2.55. The molecule has 0 atom stereocenters. The van der Waals surface area contributed by atoms with E-state index in [0.717, 1.165) is 30.7 Å². The van der Waals surface area contributed by atoms with Crippen molar-refractivity contribution < 1.29 is 0 Å². The summed E-state index contributed by atoms with van der Waals surface area (Å²) in [5.41, 5.74) is 3.21. The standard InChI is InChI=1S/C10H14N2O/c1-6(2)9-7-4-3-5-8(7)11-10(13)12-9/h6H,3-5H2,1-2H3,(H,11,12,13). The van der Waals surface area contributed by atoms with Gasteiger partial charge in [-0.3, -0.25) is 0 Å². The van der Waals surface area contributed by atoms with Gasteiger partial charge >= 0.3 is 5.69 Å². The number of hydrogen-bond donors (Lipinski definition) is 1. The number of hydrogen-bond acceptors (Lipinski definition) is 2. The van der Waals surface area contributed by atoms with Crippen LogP contribution in [0.15, 0.2) is 4.79 Å². The quantitative estimate of drug-likeness (QED) is 0.706. The molecule has 1 heterocycles. The maximum Gasteiger partial charge on any atom is 0.345 e. The molecule has 13 heavy (non-hydrogen) atoms. The second-order valence-corrected chi connectivity index (χ2v) is 3.89. The predicted molar refractivity (Wildman–Crippen MR) is 51.0 cm³/mol. The second-order valence-electron chi connectivity index (χ2n) is 3.89. The Balaban J connectivity index is 2.62. The van der Waals surface area contributed by atoms with E-state index in [1.165, 1.54) is 5.56 Å². The molecule has 1 aromatic rings. The molecule has 0 bridgehead atoms. The summed E-state index contributed by atoms with van der Waals surface area (Å²) in [6.07, 6.45) is 3.23. The topological polar surface area (TPSA) is 45.8 Å². The van der Waals surface area contributed by atoms with E-state index in [1.54, 1.807) is 0 Å².